The van der Waals surface area contributed by atoms with Crippen LogP contribution in [0, 0.1) is 0 Å². The first-order chi connectivity index (χ1) is 13.2. The van der Waals surface area contributed by atoms with Crippen LogP contribution in [0.1, 0.15) is 6.42 Å². The summed E-state index contributed by atoms with van der Waals surface area (Å²) in [6, 6.07) is 15.2. The van der Waals surface area contributed by atoms with Crippen LogP contribution >= 0.6 is 27.7 Å². The van der Waals surface area contributed by atoms with Crippen LogP contribution in [0.15, 0.2) is 63.0 Å². The van der Waals surface area contributed by atoms with Gasteiger partial charge in [0, 0.05) is 30.5 Å². The van der Waals surface area contributed by atoms with Crippen LogP contribution in [0.25, 0.3) is 10.9 Å². The van der Waals surface area contributed by atoms with Crippen LogP contribution in [-0.4, -0.2) is 35.6 Å². The fourth-order valence-corrected chi connectivity index (χ4v) is 3.75. The fourth-order valence-electron chi connectivity index (χ4n) is 2.65. The SMILES string of the molecule is COCCCn1c(SCCOc2ccc(Br)cc2)nc2ccccc2c1=O. The molecule has 3 aromatic rings. The predicted octanol–water partition coefficient (Wildman–Crippen LogP) is 4.37. The van der Waals surface area contributed by atoms with E-state index in [1.165, 1.54) is 11.8 Å². The van der Waals surface area contributed by atoms with E-state index in [2.05, 4.69) is 15.9 Å². The van der Waals surface area contributed by atoms with Gasteiger partial charge < -0.3 is 9.47 Å². The number of hydrogen-bond donors (Lipinski definition) is 0. The number of benzene rings is 2. The summed E-state index contributed by atoms with van der Waals surface area (Å²) in [6.07, 6.45) is 0.763. The third-order valence-electron chi connectivity index (χ3n) is 3.95. The Balaban J connectivity index is 1.72. The Morgan fingerprint density at radius 2 is 1.89 bits per heavy atom. The van der Waals surface area contributed by atoms with Gasteiger partial charge in [0.05, 0.1) is 17.5 Å². The molecule has 1 heterocycles. The lowest BCUT2D eigenvalue weighted by Crippen LogP contribution is -2.24. The van der Waals surface area contributed by atoms with Crippen molar-refractivity contribution in [3.63, 3.8) is 0 Å². The van der Waals surface area contributed by atoms with Crippen molar-refractivity contribution in [2.24, 2.45) is 0 Å². The van der Waals surface area contributed by atoms with Crippen molar-refractivity contribution in [3.8, 4) is 5.75 Å². The van der Waals surface area contributed by atoms with Crippen molar-refractivity contribution >= 4 is 38.6 Å². The van der Waals surface area contributed by atoms with Crippen molar-refractivity contribution in [1.29, 1.82) is 0 Å². The molecule has 0 aliphatic carbocycles. The average Bonchev–Trinajstić information content (AvgIpc) is 2.69. The summed E-state index contributed by atoms with van der Waals surface area (Å²) in [5.74, 6) is 1.52. The topological polar surface area (TPSA) is 53.4 Å². The molecule has 0 saturated heterocycles. The van der Waals surface area contributed by atoms with Crippen molar-refractivity contribution in [1.82, 2.24) is 9.55 Å². The highest BCUT2D eigenvalue weighted by Gasteiger charge is 2.11. The van der Waals surface area contributed by atoms with E-state index in [4.69, 9.17) is 14.5 Å². The molecular weight excluding hydrogens is 428 g/mol. The van der Waals surface area contributed by atoms with E-state index in [1.807, 2.05) is 48.5 Å². The summed E-state index contributed by atoms with van der Waals surface area (Å²) in [7, 11) is 1.66. The Hall–Kier alpha value is -1.83. The normalized spacial score (nSPS) is 11.0. The van der Waals surface area contributed by atoms with Gasteiger partial charge in [-0.3, -0.25) is 9.36 Å². The zero-order chi connectivity index (χ0) is 19.1. The smallest absolute Gasteiger partial charge is 0.262 e. The number of thioether (sulfide) groups is 1. The Morgan fingerprint density at radius 1 is 1.11 bits per heavy atom. The van der Waals surface area contributed by atoms with Crippen molar-refractivity contribution < 1.29 is 9.47 Å². The van der Waals surface area contributed by atoms with Gasteiger partial charge in [-0.1, -0.05) is 39.8 Å². The molecule has 1 aromatic heterocycles. The lowest BCUT2D eigenvalue weighted by molar-refractivity contribution is 0.189. The van der Waals surface area contributed by atoms with Gasteiger partial charge in [0.25, 0.3) is 5.56 Å². The van der Waals surface area contributed by atoms with Crippen LogP contribution < -0.4 is 10.3 Å². The molecule has 7 heteroatoms. The molecule has 0 spiro atoms. The minimum absolute atomic E-state index is 0.00645. The number of ether oxygens (including phenoxy) is 2. The van der Waals surface area contributed by atoms with E-state index in [1.54, 1.807) is 11.7 Å². The van der Waals surface area contributed by atoms with Gasteiger partial charge in [-0.15, -0.1) is 0 Å². The maximum Gasteiger partial charge on any atom is 0.262 e. The Kier molecular flexibility index (Phi) is 7.32. The van der Waals surface area contributed by atoms with Crippen LogP contribution in [-0.2, 0) is 11.3 Å². The summed E-state index contributed by atoms with van der Waals surface area (Å²) in [4.78, 5) is 17.6. The summed E-state index contributed by atoms with van der Waals surface area (Å²) in [5, 5.41) is 1.36. The highest BCUT2D eigenvalue weighted by atomic mass is 79.9. The van der Waals surface area contributed by atoms with Gasteiger partial charge in [-0.05, 0) is 42.8 Å². The molecule has 0 aliphatic rings. The second-order valence-corrected chi connectivity index (χ2v) is 7.84. The number of rotatable bonds is 9. The molecule has 2 aromatic carbocycles. The van der Waals surface area contributed by atoms with E-state index >= 15 is 0 Å². The lowest BCUT2D eigenvalue weighted by Gasteiger charge is -2.13. The molecule has 0 aliphatic heterocycles. The number of aromatic nitrogens is 2. The highest BCUT2D eigenvalue weighted by Crippen LogP contribution is 2.20. The summed E-state index contributed by atoms with van der Waals surface area (Å²) in [6.45, 7) is 1.73. The Morgan fingerprint density at radius 3 is 2.67 bits per heavy atom. The first kappa shape index (κ1) is 19.9. The van der Waals surface area contributed by atoms with E-state index < -0.39 is 0 Å². The number of para-hydroxylation sites is 1. The number of fused-ring (bicyclic) bond motifs is 1. The van der Waals surface area contributed by atoms with E-state index in [0.717, 1.165) is 22.2 Å². The van der Waals surface area contributed by atoms with Gasteiger partial charge in [0.15, 0.2) is 5.16 Å². The number of methoxy groups -OCH3 is 1. The predicted molar refractivity (Wildman–Crippen MR) is 113 cm³/mol. The van der Waals surface area contributed by atoms with Crippen LogP contribution in [0.5, 0.6) is 5.75 Å². The van der Waals surface area contributed by atoms with Crippen LogP contribution in [0.3, 0.4) is 0 Å². The van der Waals surface area contributed by atoms with Gasteiger partial charge >= 0.3 is 0 Å². The number of hydrogen-bond acceptors (Lipinski definition) is 5. The number of nitrogens with zero attached hydrogens (tertiary/aromatic N) is 2. The minimum atomic E-state index is -0.00645. The van der Waals surface area contributed by atoms with Crippen molar-refractivity contribution in [3.05, 3.63) is 63.4 Å². The molecule has 3 rings (SSSR count). The molecular formula is C20H21BrN2O3S. The Bertz CT molecular complexity index is 944. The molecule has 0 fully saturated rings. The molecule has 0 bridgehead atoms. The Labute approximate surface area is 170 Å². The van der Waals surface area contributed by atoms with Crippen molar-refractivity contribution in [2.75, 3.05) is 26.1 Å². The molecule has 0 N–H and O–H groups in total. The van der Waals surface area contributed by atoms with E-state index in [-0.39, 0.29) is 5.56 Å². The molecule has 0 amide bonds. The number of halogens is 1. The molecule has 0 unspecified atom stereocenters. The van der Waals surface area contributed by atoms with Crippen LogP contribution in [0.2, 0.25) is 0 Å². The lowest BCUT2D eigenvalue weighted by atomic mass is 10.2. The minimum Gasteiger partial charge on any atom is -0.493 e. The quantitative estimate of drug-likeness (QED) is 0.276. The largest absolute Gasteiger partial charge is 0.493 e. The highest BCUT2D eigenvalue weighted by molar-refractivity contribution is 9.10. The van der Waals surface area contributed by atoms with E-state index in [0.29, 0.717) is 36.1 Å². The first-order valence-corrected chi connectivity index (χ1v) is 10.5. The second kappa shape index (κ2) is 9.92. The van der Waals surface area contributed by atoms with E-state index in [9.17, 15) is 4.79 Å². The third kappa shape index (κ3) is 5.34. The third-order valence-corrected chi connectivity index (χ3v) is 5.42. The zero-order valence-corrected chi connectivity index (χ0v) is 17.5. The molecule has 142 valence electrons. The molecule has 0 radical (unpaired) electrons. The van der Waals surface area contributed by atoms with Gasteiger partial charge in [-0.25, -0.2) is 4.98 Å². The second-order valence-electron chi connectivity index (χ2n) is 5.87. The van der Waals surface area contributed by atoms with Gasteiger partial charge in [-0.2, -0.15) is 0 Å². The summed E-state index contributed by atoms with van der Waals surface area (Å²) < 4.78 is 13.6. The summed E-state index contributed by atoms with van der Waals surface area (Å²) in [5.41, 5.74) is 0.717. The average molecular weight is 449 g/mol. The molecule has 5 nitrogen and oxygen atoms in total. The summed E-state index contributed by atoms with van der Waals surface area (Å²) >= 11 is 4.94. The molecule has 27 heavy (non-hydrogen) atoms. The molecule has 0 atom stereocenters. The standard InChI is InChI=1S/C20H21BrN2O3S/c1-25-12-4-11-23-19(24)17-5-2-3-6-18(17)22-20(23)27-14-13-26-16-9-7-15(21)8-10-16/h2-3,5-10H,4,11-14H2,1H3. The zero-order valence-electron chi connectivity index (χ0n) is 15.1. The fraction of sp³-hybridized carbons (Fsp3) is 0.300. The first-order valence-electron chi connectivity index (χ1n) is 8.69. The maximum atomic E-state index is 12.9. The molecule has 0 saturated carbocycles. The maximum absolute atomic E-state index is 12.9. The van der Waals surface area contributed by atoms with Gasteiger partial charge in [0.2, 0.25) is 0 Å². The monoisotopic (exact) mass is 448 g/mol. The van der Waals surface area contributed by atoms with Crippen LogP contribution in [0.4, 0.5) is 0 Å². The van der Waals surface area contributed by atoms with Crippen molar-refractivity contribution in [2.45, 2.75) is 18.1 Å². The van der Waals surface area contributed by atoms with Gasteiger partial charge in [0.1, 0.15) is 5.75 Å².